The first kappa shape index (κ1) is 16.9. The van der Waals surface area contributed by atoms with Gasteiger partial charge in [-0.05, 0) is 18.8 Å². The van der Waals surface area contributed by atoms with Gasteiger partial charge in [-0.15, -0.1) is 0 Å². The molecule has 0 heterocycles. The van der Waals surface area contributed by atoms with Crippen LogP contribution in [0.25, 0.3) is 0 Å². The monoisotopic (exact) mass is 289 g/mol. The molecule has 0 fully saturated rings. The Morgan fingerprint density at radius 2 is 1.95 bits per heavy atom. The van der Waals surface area contributed by atoms with Crippen molar-refractivity contribution in [2.75, 3.05) is 7.11 Å². The highest BCUT2D eigenvalue weighted by Gasteiger charge is 2.14. The van der Waals surface area contributed by atoms with Crippen LogP contribution in [0.3, 0.4) is 0 Å². The highest BCUT2D eigenvalue weighted by atomic mass is 16.6. The Kier molecular flexibility index (Phi) is 7.15. The zero-order valence-electron chi connectivity index (χ0n) is 12.8. The molecule has 0 bridgehead atoms. The van der Waals surface area contributed by atoms with E-state index in [1.807, 2.05) is 44.2 Å². The number of carbonyl (C=O) groups excluding carboxylic acids is 1. The standard InChI is InChI=1S/C16H23N3O2/c1-12(11-18-21-3)9-10-13(2)16(20)19-15(17)14-7-5-4-6-8-14/h4-8,11-13H,9-10H2,1-3H3,(H2,17,19,20)/b18-11+. The zero-order valence-corrected chi connectivity index (χ0v) is 12.8. The van der Waals surface area contributed by atoms with Crippen LogP contribution >= 0.6 is 0 Å². The molecule has 0 aliphatic rings. The van der Waals surface area contributed by atoms with E-state index in [0.29, 0.717) is 0 Å². The molecule has 0 aliphatic heterocycles. The number of benzene rings is 1. The van der Waals surface area contributed by atoms with Crippen LogP contribution in [0.15, 0.2) is 40.5 Å². The third-order valence-electron chi connectivity index (χ3n) is 3.20. The van der Waals surface area contributed by atoms with E-state index >= 15 is 0 Å². The van der Waals surface area contributed by atoms with Gasteiger partial charge in [0, 0.05) is 17.7 Å². The Morgan fingerprint density at radius 1 is 1.29 bits per heavy atom. The van der Waals surface area contributed by atoms with E-state index in [4.69, 9.17) is 5.73 Å². The topological polar surface area (TPSA) is 77.0 Å². The summed E-state index contributed by atoms with van der Waals surface area (Å²) < 4.78 is 0. The Bertz CT molecular complexity index is 498. The molecule has 5 heteroatoms. The minimum Gasteiger partial charge on any atom is -0.399 e. The number of hydrogen-bond donors (Lipinski definition) is 1. The number of nitrogens with two attached hydrogens (primary N) is 1. The van der Waals surface area contributed by atoms with E-state index in [1.54, 1.807) is 6.21 Å². The molecule has 0 aromatic heterocycles. The number of hydrogen-bond acceptors (Lipinski definition) is 3. The number of aliphatic imine (C=N–C) groups is 1. The second kappa shape index (κ2) is 8.89. The molecular formula is C16H23N3O2. The van der Waals surface area contributed by atoms with Crippen molar-refractivity contribution >= 4 is 18.0 Å². The third-order valence-corrected chi connectivity index (χ3v) is 3.20. The molecule has 1 aromatic rings. The third kappa shape index (κ3) is 6.21. The van der Waals surface area contributed by atoms with Crippen molar-refractivity contribution in [1.82, 2.24) is 0 Å². The second-order valence-electron chi connectivity index (χ2n) is 5.09. The SMILES string of the molecule is CO/N=C/C(C)CCC(C)C(=O)N=C(N)c1ccccc1. The largest absolute Gasteiger partial charge is 0.399 e. The molecule has 0 radical (unpaired) electrons. The lowest BCUT2D eigenvalue weighted by Crippen LogP contribution is -2.19. The van der Waals surface area contributed by atoms with Crippen LogP contribution < -0.4 is 5.73 Å². The summed E-state index contributed by atoms with van der Waals surface area (Å²) in [6.45, 7) is 3.89. The van der Waals surface area contributed by atoms with Crippen LogP contribution in [0.5, 0.6) is 0 Å². The number of rotatable bonds is 7. The van der Waals surface area contributed by atoms with Crippen molar-refractivity contribution in [3.05, 3.63) is 35.9 Å². The quantitative estimate of drug-likeness (QED) is 0.476. The van der Waals surface area contributed by atoms with Gasteiger partial charge in [0.2, 0.25) is 5.91 Å². The minimum absolute atomic E-state index is 0.161. The van der Waals surface area contributed by atoms with Gasteiger partial charge in [0.15, 0.2) is 0 Å². The molecular weight excluding hydrogens is 266 g/mol. The Morgan fingerprint density at radius 3 is 2.57 bits per heavy atom. The fraction of sp³-hybridized carbons (Fsp3) is 0.438. The van der Waals surface area contributed by atoms with Gasteiger partial charge in [0.1, 0.15) is 12.9 Å². The van der Waals surface area contributed by atoms with Crippen LogP contribution in [0.2, 0.25) is 0 Å². The van der Waals surface area contributed by atoms with Gasteiger partial charge in [-0.2, -0.15) is 4.99 Å². The van der Waals surface area contributed by atoms with Gasteiger partial charge in [-0.25, -0.2) is 0 Å². The molecule has 1 rings (SSSR count). The summed E-state index contributed by atoms with van der Waals surface area (Å²) in [6.07, 6.45) is 3.32. The van der Waals surface area contributed by atoms with Crippen LogP contribution in [-0.4, -0.2) is 25.1 Å². The average Bonchev–Trinajstić information content (AvgIpc) is 2.51. The van der Waals surface area contributed by atoms with Gasteiger partial charge in [-0.3, -0.25) is 4.79 Å². The van der Waals surface area contributed by atoms with Crippen LogP contribution in [0.1, 0.15) is 32.3 Å². The molecule has 5 nitrogen and oxygen atoms in total. The highest BCUT2D eigenvalue weighted by molar-refractivity contribution is 6.04. The highest BCUT2D eigenvalue weighted by Crippen LogP contribution is 2.13. The normalized spacial score (nSPS) is 14.9. The summed E-state index contributed by atoms with van der Waals surface area (Å²) in [5, 5.41) is 3.73. The summed E-state index contributed by atoms with van der Waals surface area (Å²) >= 11 is 0. The van der Waals surface area contributed by atoms with E-state index in [1.165, 1.54) is 7.11 Å². The lowest BCUT2D eigenvalue weighted by atomic mass is 9.98. The van der Waals surface area contributed by atoms with E-state index in [2.05, 4.69) is 15.0 Å². The summed E-state index contributed by atoms with van der Waals surface area (Å²) in [6, 6.07) is 9.29. The number of amidine groups is 1. The first-order valence-electron chi connectivity index (χ1n) is 7.04. The minimum atomic E-state index is -0.188. The van der Waals surface area contributed by atoms with Crippen LogP contribution in [0, 0.1) is 11.8 Å². The van der Waals surface area contributed by atoms with Crippen LogP contribution in [-0.2, 0) is 9.63 Å². The van der Waals surface area contributed by atoms with E-state index in [-0.39, 0.29) is 23.6 Å². The summed E-state index contributed by atoms with van der Waals surface area (Å²) in [5.41, 5.74) is 6.61. The maximum atomic E-state index is 12.0. The van der Waals surface area contributed by atoms with Gasteiger partial charge in [-0.1, -0.05) is 49.3 Å². The maximum Gasteiger partial charge on any atom is 0.250 e. The molecule has 1 aromatic carbocycles. The summed E-state index contributed by atoms with van der Waals surface area (Å²) in [5.74, 6) is 0.176. The van der Waals surface area contributed by atoms with Gasteiger partial charge < -0.3 is 10.6 Å². The summed E-state index contributed by atoms with van der Waals surface area (Å²) in [4.78, 5) is 20.6. The lowest BCUT2D eigenvalue weighted by molar-refractivity contribution is -0.121. The molecule has 1 amide bonds. The predicted molar refractivity (Wildman–Crippen MR) is 85.2 cm³/mol. The van der Waals surface area contributed by atoms with E-state index < -0.39 is 0 Å². The smallest absolute Gasteiger partial charge is 0.250 e. The van der Waals surface area contributed by atoms with Crippen LogP contribution in [0.4, 0.5) is 0 Å². The molecule has 2 N–H and O–H groups in total. The molecule has 114 valence electrons. The van der Waals surface area contributed by atoms with Crippen molar-refractivity contribution in [1.29, 1.82) is 0 Å². The van der Waals surface area contributed by atoms with Gasteiger partial charge in [0.05, 0.1) is 0 Å². The fourth-order valence-electron chi connectivity index (χ4n) is 1.78. The molecule has 2 unspecified atom stereocenters. The van der Waals surface area contributed by atoms with Crippen molar-refractivity contribution < 1.29 is 9.63 Å². The molecule has 2 atom stereocenters. The van der Waals surface area contributed by atoms with Crippen molar-refractivity contribution in [3.8, 4) is 0 Å². The van der Waals surface area contributed by atoms with Crippen molar-refractivity contribution in [2.45, 2.75) is 26.7 Å². The molecule has 0 spiro atoms. The number of nitrogens with zero attached hydrogens (tertiary/aromatic N) is 2. The Labute approximate surface area is 125 Å². The number of oxime groups is 1. The Hall–Kier alpha value is -2.17. The number of amides is 1. The fourth-order valence-corrected chi connectivity index (χ4v) is 1.78. The average molecular weight is 289 g/mol. The number of carbonyl (C=O) groups is 1. The molecule has 0 saturated carbocycles. The summed E-state index contributed by atoms with van der Waals surface area (Å²) in [7, 11) is 1.51. The molecule has 21 heavy (non-hydrogen) atoms. The Balaban J connectivity index is 2.53. The van der Waals surface area contributed by atoms with Gasteiger partial charge >= 0.3 is 0 Å². The van der Waals surface area contributed by atoms with Gasteiger partial charge in [0.25, 0.3) is 0 Å². The first-order valence-corrected chi connectivity index (χ1v) is 7.04. The molecule has 0 aliphatic carbocycles. The van der Waals surface area contributed by atoms with E-state index in [9.17, 15) is 4.79 Å². The van der Waals surface area contributed by atoms with Crippen molar-refractivity contribution in [2.24, 2.45) is 27.7 Å². The second-order valence-corrected chi connectivity index (χ2v) is 5.09. The predicted octanol–water partition coefficient (Wildman–Crippen LogP) is 2.60. The first-order chi connectivity index (χ1) is 10.0. The lowest BCUT2D eigenvalue weighted by Gasteiger charge is -2.10. The molecule has 0 saturated heterocycles. The zero-order chi connectivity index (χ0) is 15.7. The van der Waals surface area contributed by atoms with Crippen molar-refractivity contribution in [3.63, 3.8) is 0 Å². The maximum absolute atomic E-state index is 12.0. The van der Waals surface area contributed by atoms with E-state index in [0.717, 1.165) is 18.4 Å².